The molecule has 1 aromatic rings. The molecule has 17 heavy (non-hydrogen) atoms. The van der Waals surface area contributed by atoms with Crippen molar-refractivity contribution in [3.8, 4) is 0 Å². The monoisotopic (exact) mass is 236 g/mol. The fraction of sp³-hybridized carbons (Fsp3) is 0.364. The molecule has 0 radical (unpaired) electrons. The second-order valence-corrected chi connectivity index (χ2v) is 4.23. The third-order valence-electron chi connectivity index (χ3n) is 2.40. The number of oxime groups is 1. The van der Waals surface area contributed by atoms with Crippen LogP contribution in [-0.4, -0.2) is 27.5 Å². The van der Waals surface area contributed by atoms with Crippen LogP contribution >= 0.6 is 0 Å². The van der Waals surface area contributed by atoms with Crippen LogP contribution in [0.3, 0.4) is 0 Å². The van der Waals surface area contributed by atoms with Crippen molar-refractivity contribution in [2.24, 2.45) is 10.9 Å². The number of nitrogens with one attached hydrogen (secondary N) is 1. The summed E-state index contributed by atoms with van der Waals surface area (Å²) < 4.78 is 0. The number of carbonyl (C=O) groups is 1. The van der Waals surface area contributed by atoms with Gasteiger partial charge in [0, 0.05) is 6.20 Å². The number of amides is 1. The van der Waals surface area contributed by atoms with E-state index in [-0.39, 0.29) is 11.7 Å². The molecule has 0 atom stereocenters. The maximum absolute atomic E-state index is 11.9. The van der Waals surface area contributed by atoms with Crippen molar-refractivity contribution < 1.29 is 10.0 Å². The quantitative estimate of drug-likeness (QED) is 0.310. The number of nitrogens with zero attached hydrogens (tertiary/aromatic N) is 2. The smallest absolute Gasteiger partial charge is 0.270 e. The van der Waals surface area contributed by atoms with Gasteiger partial charge < -0.3 is 16.3 Å². The summed E-state index contributed by atoms with van der Waals surface area (Å²) in [6, 6.07) is 3.54. The number of aryl methyl sites for hydroxylation is 1. The highest BCUT2D eigenvalue weighted by atomic mass is 16.4. The minimum atomic E-state index is -0.935. The number of aromatic nitrogens is 1. The zero-order valence-corrected chi connectivity index (χ0v) is 10.1. The van der Waals surface area contributed by atoms with Crippen LogP contribution in [0.4, 0.5) is 0 Å². The van der Waals surface area contributed by atoms with Crippen LogP contribution < -0.4 is 11.1 Å². The van der Waals surface area contributed by atoms with E-state index >= 15 is 0 Å². The van der Waals surface area contributed by atoms with Gasteiger partial charge in [-0.15, -0.1) is 0 Å². The predicted octanol–water partition coefficient (Wildman–Crippen LogP) is 0.645. The highest BCUT2D eigenvalue weighted by molar-refractivity contribution is 5.99. The van der Waals surface area contributed by atoms with Gasteiger partial charge in [0.25, 0.3) is 5.91 Å². The topological polar surface area (TPSA) is 101 Å². The molecule has 1 aromatic heterocycles. The highest BCUT2D eigenvalue weighted by Gasteiger charge is 2.27. The number of rotatable bonds is 3. The van der Waals surface area contributed by atoms with Gasteiger partial charge in [0.05, 0.1) is 5.54 Å². The Labute approximate surface area is 99.5 Å². The summed E-state index contributed by atoms with van der Waals surface area (Å²) in [6.45, 7) is 5.06. The van der Waals surface area contributed by atoms with Gasteiger partial charge in [-0.2, -0.15) is 0 Å². The Bertz CT molecular complexity index is 455. The van der Waals surface area contributed by atoms with Gasteiger partial charge >= 0.3 is 0 Å². The zero-order chi connectivity index (χ0) is 13.1. The summed E-state index contributed by atoms with van der Waals surface area (Å²) in [5, 5.41) is 14.1. The first-order chi connectivity index (χ1) is 7.88. The lowest BCUT2D eigenvalue weighted by molar-refractivity contribution is 0.0925. The van der Waals surface area contributed by atoms with Crippen molar-refractivity contribution in [3.05, 3.63) is 29.6 Å². The molecule has 1 amide bonds. The summed E-state index contributed by atoms with van der Waals surface area (Å²) in [5.41, 5.74) is 5.63. The molecule has 0 aromatic carbocycles. The van der Waals surface area contributed by atoms with Crippen molar-refractivity contribution in [2.75, 3.05) is 0 Å². The van der Waals surface area contributed by atoms with Crippen molar-refractivity contribution in [3.63, 3.8) is 0 Å². The fourth-order valence-electron chi connectivity index (χ4n) is 1.26. The first-order valence-electron chi connectivity index (χ1n) is 5.10. The lowest BCUT2D eigenvalue weighted by Gasteiger charge is -2.24. The molecule has 6 nitrogen and oxygen atoms in total. The van der Waals surface area contributed by atoms with Gasteiger partial charge in [-0.1, -0.05) is 11.2 Å². The molecule has 1 heterocycles. The van der Waals surface area contributed by atoms with Crippen LogP contribution in [0, 0.1) is 6.92 Å². The van der Waals surface area contributed by atoms with Crippen LogP contribution in [-0.2, 0) is 0 Å². The Balaban J connectivity index is 2.91. The van der Waals surface area contributed by atoms with E-state index in [4.69, 9.17) is 10.9 Å². The van der Waals surface area contributed by atoms with E-state index in [1.165, 1.54) is 0 Å². The SMILES string of the molecule is Cc1cccnc1C(=O)NC(C)(C)C(N)=NO. The van der Waals surface area contributed by atoms with E-state index in [2.05, 4.69) is 15.5 Å². The molecule has 92 valence electrons. The lowest BCUT2D eigenvalue weighted by atomic mass is 10.0. The molecule has 0 aliphatic rings. The summed E-state index contributed by atoms with van der Waals surface area (Å²) in [5.74, 6) is -0.431. The number of carbonyl (C=O) groups excluding carboxylic acids is 1. The minimum Gasteiger partial charge on any atom is -0.409 e. The predicted molar refractivity (Wildman–Crippen MR) is 63.9 cm³/mol. The molecule has 0 spiro atoms. The first-order valence-corrected chi connectivity index (χ1v) is 5.10. The zero-order valence-electron chi connectivity index (χ0n) is 10.1. The summed E-state index contributed by atoms with van der Waals surface area (Å²) in [4.78, 5) is 15.9. The maximum atomic E-state index is 11.9. The maximum Gasteiger partial charge on any atom is 0.270 e. The second kappa shape index (κ2) is 4.82. The fourth-order valence-corrected chi connectivity index (χ4v) is 1.26. The van der Waals surface area contributed by atoms with Gasteiger partial charge in [0.2, 0.25) is 0 Å². The van der Waals surface area contributed by atoms with Gasteiger partial charge in [-0.3, -0.25) is 9.78 Å². The molecular weight excluding hydrogens is 220 g/mol. The van der Waals surface area contributed by atoms with Crippen LogP contribution in [0.1, 0.15) is 29.9 Å². The lowest BCUT2D eigenvalue weighted by Crippen LogP contribution is -2.53. The molecule has 0 bridgehead atoms. The second-order valence-electron chi connectivity index (χ2n) is 4.23. The Hall–Kier alpha value is -2.11. The van der Waals surface area contributed by atoms with Crippen LogP contribution in [0.15, 0.2) is 23.5 Å². The molecule has 4 N–H and O–H groups in total. The molecule has 6 heteroatoms. The van der Waals surface area contributed by atoms with E-state index in [1.54, 1.807) is 39.1 Å². The van der Waals surface area contributed by atoms with Crippen LogP contribution in [0.25, 0.3) is 0 Å². The summed E-state index contributed by atoms with van der Waals surface area (Å²) >= 11 is 0. The van der Waals surface area contributed by atoms with Crippen molar-refractivity contribution >= 4 is 11.7 Å². The van der Waals surface area contributed by atoms with Crippen molar-refractivity contribution in [2.45, 2.75) is 26.3 Å². The minimum absolute atomic E-state index is 0.0700. The Morgan fingerprint density at radius 1 is 1.59 bits per heavy atom. The van der Waals surface area contributed by atoms with E-state index in [9.17, 15) is 4.79 Å². The van der Waals surface area contributed by atoms with Gasteiger partial charge in [-0.25, -0.2) is 0 Å². The third kappa shape index (κ3) is 2.93. The van der Waals surface area contributed by atoms with E-state index in [0.29, 0.717) is 5.69 Å². The highest BCUT2D eigenvalue weighted by Crippen LogP contribution is 2.07. The van der Waals surface area contributed by atoms with Crippen molar-refractivity contribution in [1.82, 2.24) is 10.3 Å². The van der Waals surface area contributed by atoms with Gasteiger partial charge in [0.1, 0.15) is 5.69 Å². The Morgan fingerprint density at radius 3 is 2.76 bits per heavy atom. The van der Waals surface area contributed by atoms with Crippen LogP contribution in [0.5, 0.6) is 0 Å². The third-order valence-corrected chi connectivity index (χ3v) is 2.40. The average Bonchev–Trinajstić information content (AvgIpc) is 2.27. The molecule has 1 rings (SSSR count). The number of nitrogens with two attached hydrogens (primary N) is 1. The Kier molecular flexibility index (Phi) is 3.67. The molecule has 0 aliphatic heterocycles. The molecule has 0 aliphatic carbocycles. The summed E-state index contributed by atoms with van der Waals surface area (Å²) in [6.07, 6.45) is 1.54. The number of amidine groups is 1. The number of hydrogen-bond acceptors (Lipinski definition) is 4. The number of pyridine rings is 1. The Morgan fingerprint density at radius 2 is 2.24 bits per heavy atom. The molecule has 0 fully saturated rings. The molecule has 0 unspecified atom stereocenters. The molecule has 0 saturated carbocycles. The molecular formula is C11H16N4O2. The molecule has 0 saturated heterocycles. The van der Waals surface area contributed by atoms with Gasteiger partial charge in [-0.05, 0) is 32.4 Å². The van der Waals surface area contributed by atoms with Crippen molar-refractivity contribution in [1.29, 1.82) is 0 Å². The van der Waals surface area contributed by atoms with E-state index in [1.807, 2.05) is 0 Å². The average molecular weight is 236 g/mol. The van der Waals surface area contributed by atoms with Crippen LogP contribution in [0.2, 0.25) is 0 Å². The van der Waals surface area contributed by atoms with E-state index < -0.39 is 5.54 Å². The normalized spacial score (nSPS) is 12.3. The number of hydrogen-bond donors (Lipinski definition) is 3. The first kappa shape index (κ1) is 13.0. The van der Waals surface area contributed by atoms with Gasteiger partial charge in [0.15, 0.2) is 5.84 Å². The largest absolute Gasteiger partial charge is 0.409 e. The standard InChI is InChI=1S/C11H16N4O2/c1-7-5-4-6-13-8(7)9(16)14-11(2,3)10(12)15-17/h4-6,17H,1-3H3,(H2,12,15)(H,14,16). The van der Waals surface area contributed by atoms with E-state index in [0.717, 1.165) is 5.56 Å². The summed E-state index contributed by atoms with van der Waals surface area (Å²) in [7, 11) is 0.